The molecule has 0 amide bonds. The molecule has 104 valence electrons. The molecule has 8 heteroatoms. The summed E-state index contributed by atoms with van der Waals surface area (Å²) < 4.78 is 26.2. The van der Waals surface area contributed by atoms with Gasteiger partial charge in [0.2, 0.25) is 10.0 Å². The van der Waals surface area contributed by atoms with Crippen LogP contribution in [0.15, 0.2) is 29.2 Å². The van der Waals surface area contributed by atoms with E-state index in [1.54, 1.807) is 6.92 Å². The van der Waals surface area contributed by atoms with Crippen molar-refractivity contribution in [3.05, 3.63) is 34.4 Å². The smallest absolute Gasteiger partial charge is 0.289 e. The third-order valence-corrected chi connectivity index (χ3v) is 5.44. The summed E-state index contributed by atoms with van der Waals surface area (Å²) >= 11 is 0. The number of sulfonamides is 1. The Balaban J connectivity index is 2.49. The van der Waals surface area contributed by atoms with Gasteiger partial charge in [0, 0.05) is 24.7 Å². The molecule has 1 aromatic rings. The second-order valence-electron chi connectivity index (χ2n) is 4.53. The van der Waals surface area contributed by atoms with Crippen molar-refractivity contribution in [1.82, 2.24) is 4.31 Å². The van der Waals surface area contributed by atoms with E-state index in [1.165, 1.54) is 28.6 Å². The molecule has 1 aromatic carbocycles. The first-order valence-electron chi connectivity index (χ1n) is 5.86. The molecule has 0 aromatic heterocycles. The second kappa shape index (κ2) is 4.87. The summed E-state index contributed by atoms with van der Waals surface area (Å²) in [5.74, 6) is 0. The number of nitrogens with zero attached hydrogens (tertiary/aromatic N) is 2. The average molecular weight is 285 g/mol. The summed E-state index contributed by atoms with van der Waals surface area (Å²) in [5.41, 5.74) is 5.39. The van der Waals surface area contributed by atoms with Gasteiger partial charge >= 0.3 is 0 Å². The highest BCUT2D eigenvalue weighted by molar-refractivity contribution is 7.89. The van der Waals surface area contributed by atoms with Crippen molar-refractivity contribution < 1.29 is 13.3 Å². The summed E-state index contributed by atoms with van der Waals surface area (Å²) in [7, 11) is -3.88. The summed E-state index contributed by atoms with van der Waals surface area (Å²) in [5, 5.41) is 10.9. The van der Waals surface area contributed by atoms with Crippen LogP contribution in [0.5, 0.6) is 0 Å². The fourth-order valence-corrected chi connectivity index (χ4v) is 4.08. The van der Waals surface area contributed by atoms with E-state index < -0.39 is 20.6 Å². The number of nitro benzene ring substituents is 1. The molecule has 19 heavy (non-hydrogen) atoms. The minimum Gasteiger partial charge on any atom is -0.326 e. The zero-order valence-corrected chi connectivity index (χ0v) is 11.2. The molecule has 0 saturated carbocycles. The lowest BCUT2D eigenvalue weighted by Gasteiger charge is -2.22. The molecule has 2 rings (SSSR count). The van der Waals surface area contributed by atoms with Gasteiger partial charge in [-0.1, -0.05) is 12.1 Å². The molecule has 1 fully saturated rings. The Labute approximate surface area is 111 Å². The minimum atomic E-state index is -3.88. The normalized spacial score (nSPS) is 24.5. The zero-order chi connectivity index (χ0) is 14.2. The molecule has 1 heterocycles. The average Bonchev–Trinajstić information content (AvgIpc) is 2.70. The molecule has 1 aliphatic rings. The maximum Gasteiger partial charge on any atom is 0.289 e. The van der Waals surface area contributed by atoms with Crippen molar-refractivity contribution in [3.63, 3.8) is 0 Å². The summed E-state index contributed by atoms with van der Waals surface area (Å²) in [4.78, 5) is 9.96. The van der Waals surface area contributed by atoms with Gasteiger partial charge in [0.1, 0.15) is 0 Å². The Morgan fingerprint density at radius 3 is 2.58 bits per heavy atom. The van der Waals surface area contributed by atoms with Crippen LogP contribution in [-0.2, 0) is 10.0 Å². The molecule has 2 N–H and O–H groups in total. The number of hydrogen-bond donors (Lipinski definition) is 1. The highest BCUT2D eigenvalue weighted by atomic mass is 32.2. The predicted molar refractivity (Wildman–Crippen MR) is 69.0 cm³/mol. The molecule has 1 aliphatic heterocycles. The highest BCUT2D eigenvalue weighted by Crippen LogP contribution is 2.30. The van der Waals surface area contributed by atoms with Gasteiger partial charge in [-0.15, -0.1) is 0 Å². The van der Waals surface area contributed by atoms with Crippen LogP contribution in [0.3, 0.4) is 0 Å². The first kappa shape index (κ1) is 13.9. The molecule has 0 aliphatic carbocycles. The van der Waals surface area contributed by atoms with Crippen LogP contribution in [0.4, 0.5) is 5.69 Å². The van der Waals surface area contributed by atoms with Gasteiger partial charge in [0.25, 0.3) is 5.69 Å². The maximum absolute atomic E-state index is 12.5. The zero-order valence-electron chi connectivity index (χ0n) is 10.4. The van der Waals surface area contributed by atoms with E-state index in [0.29, 0.717) is 6.42 Å². The van der Waals surface area contributed by atoms with Crippen LogP contribution in [0.2, 0.25) is 0 Å². The molecule has 0 spiro atoms. The molecule has 7 nitrogen and oxygen atoms in total. The van der Waals surface area contributed by atoms with Gasteiger partial charge in [0.15, 0.2) is 4.90 Å². The van der Waals surface area contributed by atoms with Crippen LogP contribution in [0.25, 0.3) is 0 Å². The van der Waals surface area contributed by atoms with E-state index >= 15 is 0 Å². The largest absolute Gasteiger partial charge is 0.326 e. The van der Waals surface area contributed by atoms with E-state index in [4.69, 9.17) is 5.73 Å². The molecular weight excluding hydrogens is 270 g/mol. The van der Waals surface area contributed by atoms with Crippen LogP contribution in [-0.4, -0.2) is 36.3 Å². The van der Waals surface area contributed by atoms with Gasteiger partial charge in [-0.25, -0.2) is 8.42 Å². The number of nitrogens with two attached hydrogens (primary N) is 1. The fourth-order valence-electron chi connectivity index (χ4n) is 2.23. The number of nitro groups is 1. The SMILES string of the molecule is CC1C(N)CCN1S(=O)(=O)c1ccccc1[N+](=O)[O-]. The van der Waals surface area contributed by atoms with Crippen LogP contribution >= 0.6 is 0 Å². The van der Waals surface area contributed by atoms with Crippen molar-refractivity contribution in [2.45, 2.75) is 30.3 Å². The van der Waals surface area contributed by atoms with Gasteiger partial charge in [0.05, 0.1) is 4.92 Å². The van der Waals surface area contributed by atoms with Crippen molar-refractivity contribution in [2.24, 2.45) is 5.73 Å². The first-order valence-corrected chi connectivity index (χ1v) is 7.30. The van der Waals surface area contributed by atoms with E-state index in [0.717, 1.165) is 0 Å². The number of benzene rings is 1. The van der Waals surface area contributed by atoms with Crippen molar-refractivity contribution >= 4 is 15.7 Å². The van der Waals surface area contributed by atoms with Crippen LogP contribution < -0.4 is 5.73 Å². The topological polar surface area (TPSA) is 107 Å². The predicted octanol–water partition coefficient (Wildman–Crippen LogP) is 0.705. The van der Waals surface area contributed by atoms with Gasteiger partial charge in [-0.05, 0) is 19.4 Å². The van der Waals surface area contributed by atoms with Gasteiger partial charge in [-0.2, -0.15) is 4.31 Å². The number of hydrogen-bond acceptors (Lipinski definition) is 5. The Morgan fingerprint density at radius 2 is 2.05 bits per heavy atom. The van der Waals surface area contributed by atoms with Crippen molar-refractivity contribution in [3.8, 4) is 0 Å². The van der Waals surface area contributed by atoms with E-state index in [9.17, 15) is 18.5 Å². The lowest BCUT2D eigenvalue weighted by molar-refractivity contribution is -0.387. The third kappa shape index (κ3) is 2.34. The Morgan fingerprint density at radius 1 is 1.42 bits per heavy atom. The summed E-state index contributed by atoms with van der Waals surface area (Å²) in [6, 6.07) is 4.76. The maximum atomic E-state index is 12.5. The van der Waals surface area contributed by atoms with E-state index in [-0.39, 0.29) is 23.5 Å². The number of rotatable bonds is 3. The molecule has 1 saturated heterocycles. The monoisotopic (exact) mass is 285 g/mol. The standard InChI is InChI=1S/C11H15N3O4S/c1-8-9(12)6-7-13(8)19(17,18)11-5-3-2-4-10(11)14(15)16/h2-5,8-9H,6-7,12H2,1H3. The van der Waals surface area contributed by atoms with Crippen molar-refractivity contribution in [2.75, 3.05) is 6.54 Å². The minimum absolute atomic E-state index is 0.238. The first-order chi connectivity index (χ1) is 8.85. The lowest BCUT2D eigenvalue weighted by Crippen LogP contribution is -2.40. The van der Waals surface area contributed by atoms with Gasteiger partial charge in [-0.3, -0.25) is 10.1 Å². The summed E-state index contributed by atoms with van der Waals surface area (Å²) in [6.45, 7) is 2.00. The Kier molecular flexibility index (Phi) is 3.57. The molecule has 0 radical (unpaired) electrons. The van der Waals surface area contributed by atoms with Gasteiger partial charge < -0.3 is 5.73 Å². The van der Waals surface area contributed by atoms with E-state index in [1.807, 2.05) is 0 Å². The van der Waals surface area contributed by atoms with Crippen LogP contribution in [0, 0.1) is 10.1 Å². The highest BCUT2D eigenvalue weighted by Gasteiger charge is 2.39. The third-order valence-electron chi connectivity index (χ3n) is 3.41. The lowest BCUT2D eigenvalue weighted by atomic mass is 10.2. The summed E-state index contributed by atoms with van der Waals surface area (Å²) in [6.07, 6.45) is 0.557. The fraction of sp³-hybridized carbons (Fsp3) is 0.455. The van der Waals surface area contributed by atoms with E-state index in [2.05, 4.69) is 0 Å². The molecule has 0 bridgehead atoms. The Bertz CT molecular complexity index is 602. The Hall–Kier alpha value is -1.51. The molecule has 2 unspecified atom stereocenters. The molecule has 2 atom stereocenters. The van der Waals surface area contributed by atoms with Crippen LogP contribution in [0.1, 0.15) is 13.3 Å². The molecular formula is C11H15N3O4S. The number of para-hydroxylation sites is 1. The second-order valence-corrected chi connectivity index (χ2v) is 6.39. The van der Waals surface area contributed by atoms with Crippen molar-refractivity contribution in [1.29, 1.82) is 0 Å². The quantitative estimate of drug-likeness (QED) is 0.650.